The molecule has 0 aromatic heterocycles. The Morgan fingerprint density at radius 3 is 2.33 bits per heavy atom. The van der Waals surface area contributed by atoms with E-state index in [1.54, 1.807) is 13.0 Å². The Kier molecular flexibility index (Phi) is 4.90. The Balaban J connectivity index is 3.10. The number of hydrogen-bond acceptors (Lipinski definition) is 4. The van der Waals surface area contributed by atoms with Gasteiger partial charge in [-0.05, 0) is 37.6 Å². The minimum Gasteiger partial charge on any atom is -0.394 e. The molecule has 5 nitrogen and oxygen atoms in total. The van der Waals surface area contributed by atoms with Crippen LogP contribution in [0.1, 0.15) is 12.5 Å². The van der Waals surface area contributed by atoms with Crippen molar-refractivity contribution in [3.63, 3.8) is 0 Å². The van der Waals surface area contributed by atoms with Gasteiger partial charge in [-0.25, -0.2) is 13.1 Å². The highest BCUT2D eigenvalue weighted by Crippen LogP contribution is 2.21. The second kappa shape index (κ2) is 5.66. The van der Waals surface area contributed by atoms with E-state index in [9.17, 15) is 8.42 Å². The molecule has 0 atom stereocenters. The van der Waals surface area contributed by atoms with Gasteiger partial charge >= 0.3 is 0 Å². The standard InChI is InChI=1S/C11H16BrNO4S/c1-8-5-9(3-4-10(8)12)18(16,17)13-11(2,6-14)7-15/h3-5,13-15H,6-7H2,1-2H3. The highest BCUT2D eigenvalue weighted by atomic mass is 79.9. The molecule has 0 saturated heterocycles. The predicted molar refractivity (Wildman–Crippen MR) is 71.8 cm³/mol. The second-order valence-corrected chi connectivity index (χ2v) is 6.93. The van der Waals surface area contributed by atoms with Crippen LogP contribution in [-0.2, 0) is 10.0 Å². The van der Waals surface area contributed by atoms with Gasteiger partial charge in [0.15, 0.2) is 0 Å². The van der Waals surface area contributed by atoms with E-state index in [1.165, 1.54) is 19.1 Å². The van der Waals surface area contributed by atoms with E-state index in [0.717, 1.165) is 10.0 Å². The van der Waals surface area contributed by atoms with Crippen molar-refractivity contribution in [1.29, 1.82) is 0 Å². The smallest absolute Gasteiger partial charge is 0.241 e. The van der Waals surface area contributed by atoms with Crippen LogP contribution in [0.15, 0.2) is 27.6 Å². The average Bonchev–Trinajstić information content (AvgIpc) is 2.32. The number of hydrogen-bond donors (Lipinski definition) is 3. The van der Waals surface area contributed by atoms with E-state index >= 15 is 0 Å². The fourth-order valence-electron chi connectivity index (χ4n) is 1.28. The lowest BCUT2D eigenvalue weighted by molar-refractivity contribution is 0.122. The van der Waals surface area contributed by atoms with Gasteiger partial charge in [0.05, 0.1) is 23.6 Å². The first-order valence-corrected chi connectivity index (χ1v) is 7.53. The van der Waals surface area contributed by atoms with Crippen molar-refractivity contribution in [3.05, 3.63) is 28.2 Å². The largest absolute Gasteiger partial charge is 0.394 e. The zero-order valence-electron chi connectivity index (χ0n) is 10.1. The summed E-state index contributed by atoms with van der Waals surface area (Å²) in [5.41, 5.74) is -0.493. The SMILES string of the molecule is Cc1cc(S(=O)(=O)NC(C)(CO)CO)ccc1Br. The molecule has 0 amide bonds. The Hall–Kier alpha value is -0.470. The molecule has 0 unspecified atom stereocenters. The number of rotatable bonds is 5. The van der Waals surface area contributed by atoms with Crippen molar-refractivity contribution in [3.8, 4) is 0 Å². The summed E-state index contributed by atoms with van der Waals surface area (Å²) in [6.45, 7) is 2.23. The number of sulfonamides is 1. The first kappa shape index (κ1) is 15.6. The molecule has 1 aromatic rings. The minimum absolute atomic E-state index is 0.0938. The van der Waals surface area contributed by atoms with Crippen LogP contribution in [0.2, 0.25) is 0 Å². The highest BCUT2D eigenvalue weighted by molar-refractivity contribution is 9.10. The molecule has 7 heteroatoms. The second-order valence-electron chi connectivity index (χ2n) is 4.39. The summed E-state index contributed by atoms with van der Waals surface area (Å²) in [6.07, 6.45) is 0. The van der Waals surface area contributed by atoms with Gasteiger partial charge in [0.1, 0.15) is 0 Å². The Morgan fingerprint density at radius 2 is 1.89 bits per heavy atom. The van der Waals surface area contributed by atoms with Crippen LogP contribution < -0.4 is 4.72 Å². The summed E-state index contributed by atoms with van der Waals surface area (Å²) < 4.78 is 27.3. The molecule has 0 aliphatic heterocycles. The predicted octanol–water partition coefficient (Wildman–Crippen LogP) is 0.779. The third-order valence-corrected chi connectivity index (χ3v) is 5.04. The van der Waals surface area contributed by atoms with Crippen LogP contribution in [-0.4, -0.2) is 37.4 Å². The van der Waals surface area contributed by atoms with E-state index in [-0.39, 0.29) is 4.90 Å². The van der Waals surface area contributed by atoms with Crippen molar-refractivity contribution in [2.24, 2.45) is 0 Å². The first-order chi connectivity index (χ1) is 8.24. The maximum atomic E-state index is 12.1. The molecule has 1 rings (SSSR count). The highest BCUT2D eigenvalue weighted by Gasteiger charge is 2.29. The Morgan fingerprint density at radius 1 is 1.33 bits per heavy atom. The van der Waals surface area contributed by atoms with Gasteiger partial charge < -0.3 is 10.2 Å². The van der Waals surface area contributed by atoms with E-state index in [1.807, 2.05) is 0 Å². The quantitative estimate of drug-likeness (QED) is 0.741. The molecule has 3 N–H and O–H groups in total. The molecule has 0 aliphatic carbocycles. The lowest BCUT2D eigenvalue weighted by atomic mass is 10.1. The fourth-order valence-corrected chi connectivity index (χ4v) is 3.00. The lowest BCUT2D eigenvalue weighted by Gasteiger charge is -2.25. The molecule has 102 valence electrons. The van der Waals surface area contributed by atoms with Crippen molar-refractivity contribution >= 4 is 26.0 Å². The van der Waals surface area contributed by atoms with E-state index < -0.39 is 28.8 Å². The number of nitrogens with one attached hydrogen (secondary N) is 1. The van der Waals surface area contributed by atoms with Crippen LogP contribution in [0.5, 0.6) is 0 Å². The molecular weight excluding hydrogens is 322 g/mol. The van der Waals surface area contributed by atoms with Gasteiger partial charge in [0, 0.05) is 4.47 Å². The van der Waals surface area contributed by atoms with Crippen molar-refractivity contribution < 1.29 is 18.6 Å². The van der Waals surface area contributed by atoms with Crippen LogP contribution >= 0.6 is 15.9 Å². The zero-order valence-corrected chi connectivity index (χ0v) is 12.5. The molecule has 0 heterocycles. The summed E-state index contributed by atoms with van der Waals surface area (Å²) in [6, 6.07) is 4.61. The zero-order chi connectivity index (χ0) is 14.0. The summed E-state index contributed by atoms with van der Waals surface area (Å²) in [5, 5.41) is 18.2. The molecular formula is C11H16BrNO4S. The number of aliphatic hydroxyl groups excluding tert-OH is 2. The Labute approximate surface area is 115 Å². The fraction of sp³-hybridized carbons (Fsp3) is 0.455. The topological polar surface area (TPSA) is 86.6 Å². The third-order valence-electron chi connectivity index (χ3n) is 2.52. The molecule has 0 radical (unpaired) electrons. The molecule has 0 spiro atoms. The number of benzene rings is 1. The van der Waals surface area contributed by atoms with Crippen LogP contribution in [0.25, 0.3) is 0 Å². The molecule has 0 saturated carbocycles. The van der Waals surface area contributed by atoms with Gasteiger partial charge in [0.2, 0.25) is 10.0 Å². The Bertz CT molecular complexity index is 526. The molecule has 0 aliphatic rings. The van der Waals surface area contributed by atoms with Gasteiger partial charge in [-0.15, -0.1) is 0 Å². The molecule has 18 heavy (non-hydrogen) atoms. The summed E-state index contributed by atoms with van der Waals surface area (Å²) >= 11 is 3.29. The molecule has 0 bridgehead atoms. The van der Waals surface area contributed by atoms with Crippen molar-refractivity contribution in [1.82, 2.24) is 4.72 Å². The normalized spacial score (nSPS) is 12.7. The van der Waals surface area contributed by atoms with E-state index in [4.69, 9.17) is 10.2 Å². The van der Waals surface area contributed by atoms with Crippen LogP contribution in [0, 0.1) is 6.92 Å². The number of aliphatic hydroxyl groups is 2. The van der Waals surface area contributed by atoms with E-state index in [2.05, 4.69) is 20.7 Å². The first-order valence-electron chi connectivity index (χ1n) is 5.26. The van der Waals surface area contributed by atoms with Crippen LogP contribution in [0.3, 0.4) is 0 Å². The third kappa shape index (κ3) is 3.52. The van der Waals surface area contributed by atoms with Crippen molar-refractivity contribution in [2.45, 2.75) is 24.3 Å². The maximum Gasteiger partial charge on any atom is 0.241 e. The van der Waals surface area contributed by atoms with Gasteiger partial charge in [-0.1, -0.05) is 15.9 Å². The lowest BCUT2D eigenvalue weighted by Crippen LogP contribution is -2.51. The molecule has 1 aromatic carbocycles. The number of halogens is 1. The summed E-state index contributed by atoms with van der Waals surface area (Å²) in [4.78, 5) is 0.0938. The summed E-state index contributed by atoms with van der Waals surface area (Å²) in [5.74, 6) is 0. The van der Waals surface area contributed by atoms with E-state index in [0.29, 0.717) is 0 Å². The van der Waals surface area contributed by atoms with Gasteiger partial charge in [-0.2, -0.15) is 0 Å². The average molecular weight is 338 g/mol. The van der Waals surface area contributed by atoms with Gasteiger partial charge in [0.25, 0.3) is 0 Å². The monoisotopic (exact) mass is 337 g/mol. The van der Waals surface area contributed by atoms with Crippen LogP contribution in [0.4, 0.5) is 0 Å². The summed E-state index contributed by atoms with van der Waals surface area (Å²) in [7, 11) is -3.77. The van der Waals surface area contributed by atoms with Crippen molar-refractivity contribution in [2.75, 3.05) is 13.2 Å². The molecule has 0 fully saturated rings. The number of aryl methyl sites for hydroxylation is 1. The van der Waals surface area contributed by atoms with Gasteiger partial charge in [-0.3, -0.25) is 0 Å². The maximum absolute atomic E-state index is 12.1. The minimum atomic E-state index is -3.77.